The predicted octanol–water partition coefficient (Wildman–Crippen LogP) is 2.53. The molecule has 0 unspecified atom stereocenters. The van der Waals surface area contributed by atoms with E-state index >= 15 is 0 Å². The van der Waals surface area contributed by atoms with Crippen LogP contribution in [-0.2, 0) is 0 Å². The maximum Gasteiger partial charge on any atom is 0.191 e. The van der Waals surface area contributed by atoms with Crippen molar-refractivity contribution >= 4 is 5.78 Å². The van der Waals surface area contributed by atoms with Gasteiger partial charge >= 0.3 is 0 Å². The van der Waals surface area contributed by atoms with Gasteiger partial charge in [-0.2, -0.15) is 0 Å². The molecule has 1 N–H and O–H groups in total. The summed E-state index contributed by atoms with van der Waals surface area (Å²) in [6.07, 6.45) is 1.24. The minimum atomic E-state index is -0.799. The highest BCUT2D eigenvalue weighted by atomic mass is 19.1. The zero-order valence-corrected chi connectivity index (χ0v) is 7.42. The first-order chi connectivity index (χ1) is 6.56. The first kappa shape index (κ1) is 10.4. The third-order valence-corrected chi connectivity index (χ3v) is 1.74. The Hall–Kier alpha value is -1.71. The number of rotatable bonds is 2. The minimum absolute atomic E-state index is 0.132. The highest BCUT2D eigenvalue weighted by Gasteiger charge is 2.12. The van der Waals surface area contributed by atoms with Gasteiger partial charge in [-0.05, 0) is 24.6 Å². The molecular formula is C10H8F2O2. The lowest BCUT2D eigenvalue weighted by Crippen LogP contribution is -2.01. The summed E-state index contributed by atoms with van der Waals surface area (Å²) in [5.41, 5.74) is -0.259. The number of carbonyl (C=O) groups excluding carboxylic acids is 1. The van der Waals surface area contributed by atoms with Crippen molar-refractivity contribution in [2.24, 2.45) is 0 Å². The molecule has 0 saturated carbocycles. The Bertz CT molecular complexity index is 397. The van der Waals surface area contributed by atoms with E-state index in [1.165, 1.54) is 6.92 Å². The van der Waals surface area contributed by atoms with Gasteiger partial charge < -0.3 is 5.11 Å². The van der Waals surface area contributed by atoms with E-state index in [4.69, 9.17) is 5.11 Å². The van der Waals surface area contributed by atoms with Crippen LogP contribution in [0.15, 0.2) is 24.5 Å². The van der Waals surface area contributed by atoms with Gasteiger partial charge in [0, 0.05) is 6.08 Å². The fourth-order valence-corrected chi connectivity index (χ4v) is 0.993. The van der Waals surface area contributed by atoms with E-state index in [0.717, 1.165) is 18.2 Å². The zero-order chi connectivity index (χ0) is 10.7. The van der Waals surface area contributed by atoms with Crippen LogP contribution in [0.1, 0.15) is 15.9 Å². The zero-order valence-electron chi connectivity index (χ0n) is 7.42. The summed E-state index contributed by atoms with van der Waals surface area (Å²) >= 11 is 0. The van der Waals surface area contributed by atoms with Gasteiger partial charge in [-0.3, -0.25) is 4.79 Å². The summed E-state index contributed by atoms with van der Waals surface area (Å²) in [4.78, 5) is 11.1. The summed E-state index contributed by atoms with van der Waals surface area (Å²) in [5, 5.41) is 8.30. The molecule has 0 aromatic heterocycles. The number of hydrogen-bond donors (Lipinski definition) is 1. The van der Waals surface area contributed by atoms with Crippen LogP contribution < -0.4 is 0 Å². The molecule has 0 spiro atoms. The van der Waals surface area contributed by atoms with Crippen molar-refractivity contribution in [2.75, 3.05) is 0 Å². The van der Waals surface area contributed by atoms with E-state index in [0.29, 0.717) is 6.26 Å². The molecule has 0 bridgehead atoms. The quantitative estimate of drug-likeness (QED) is 0.450. The Labute approximate surface area is 79.5 Å². The van der Waals surface area contributed by atoms with Crippen LogP contribution in [0.25, 0.3) is 0 Å². The number of allylic oxidation sites excluding steroid dienone is 1. The highest BCUT2D eigenvalue weighted by Crippen LogP contribution is 2.14. The summed E-state index contributed by atoms with van der Waals surface area (Å²) in [5.74, 6) is -2.23. The van der Waals surface area contributed by atoms with Crippen LogP contribution in [0, 0.1) is 18.6 Å². The second-order valence-corrected chi connectivity index (χ2v) is 2.76. The Morgan fingerprint density at radius 1 is 1.36 bits per heavy atom. The van der Waals surface area contributed by atoms with Gasteiger partial charge in [-0.15, -0.1) is 0 Å². The van der Waals surface area contributed by atoms with Crippen molar-refractivity contribution in [3.05, 3.63) is 47.2 Å². The van der Waals surface area contributed by atoms with E-state index in [-0.39, 0.29) is 5.56 Å². The lowest BCUT2D eigenvalue weighted by molar-refractivity contribution is 0.104. The number of aliphatic hydroxyl groups excluding tert-OH is 1. The van der Waals surface area contributed by atoms with Gasteiger partial charge in [0.15, 0.2) is 5.78 Å². The molecule has 0 saturated heterocycles. The normalized spacial score (nSPS) is 10.8. The second-order valence-electron chi connectivity index (χ2n) is 2.76. The first-order valence-corrected chi connectivity index (χ1v) is 3.87. The predicted molar refractivity (Wildman–Crippen MR) is 47.2 cm³/mol. The average Bonchev–Trinajstić information content (AvgIpc) is 2.11. The molecule has 0 fully saturated rings. The fraction of sp³-hybridized carbons (Fsp3) is 0.100. The lowest BCUT2D eigenvalue weighted by Gasteiger charge is -2.01. The number of benzene rings is 1. The number of aryl methyl sites for hydroxylation is 1. The molecule has 0 atom stereocenters. The van der Waals surface area contributed by atoms with Gasteiger partial charge in [0.1, 0.15) is 11.6 Å². The fourth-order valence-electron chi connectivity index (χ4n) is 0.993. The molecule has 4 heteroatoms. The molecule has 1 aromatic carbocycles. The minimum Gasteiger partial charge on any atom is -0.515 e. The third kappa shape index (κ3) is 1.96. The summed E-state index contributed by atoms with van der Waals surface area (Å²) in [6, 6.07) is 1.75. The summed E-state index contributed by atoms with van der Waals surface area (Å²) in [6.45, 7) is 1.40. The molecule has 14 heavy (non-hydrogen) atoms. The molecule has 74 valence electrons. The van der Waals surface area contributed by atoms with Gasteiger partial charge in [0.05, 0.1) is 11.8 Å². The maximum absolute atomic E-state index is 13.1. The first-order valence-electron chi connectivity index (χ1n) is 3.87. The van der Waals surface area contributed by atoms with E-state index in [2.05, 4.69) is 0 Å². The van der Waals surface area contributed by atoms with Crippen molar-refractivity contribution in [3.63, 3.8) is 0 Å². The van der Waals surface area contributed by atoms with E-state index < -0.39 is 23.0 Å². The molecule has 2 nitrogen and oxygen atoms in total. The van der Waals surface area contributed by atoms with E-state index in [9.17, 15) is 13.6 Å². The molecule has 0 aliphatic heterocycles. The van der Waals surface area contributed by atoms with E-state index in [1.807, 2.05) is 0 Å². The number of carbonyl (C=O) groups is 1. The molecule has 0 aliphatic rings. The molecule has 0 aliphatic carbocycles. The Balaban J connectivity index is 3.22. The topological polar surface area (TPSA) is 37.3 Å². The van der Waals surface area contributed by atoms with Crippen LogP contribution in [0.3, 0.4) is 0 Å². The molecule has 1 aromatic rings. The highest BCUT2D eigenvalue weighted by molar-refractivity contribution is 6.04. The second kappa shape index (κ2) is 4.00. The molecular weight excluding hydrogens is 190 g/mol. The van der Waals surface area contributed by atoms with Crippen LogP contribution in [-0.4, -0.2) is 10.9 Å². The molecule has 0 radical (unpaired) electrons. The number of halogens is 2. The van der Waals surface area contributed by atoms with Gasteiger partial charge in [0.2, 0.25) is 0 Å². The van der Waals surface area contributed by atoms with Crippen molar-refractivity contribution in [2.45, 2.75) is 6.92 Å². The monoisotopic (exact) mass is 198 g/mol. The summed E-state index contributed by atoms with van der Waals surface area (Å²) < 4.78 is 26.1. The van der Waals surface area contributed by atoms with Gasteiger partial charge in [-0.1, -0.05) is 0 Å². The lowest BCUT2D eigenvalue weighted by atomic mass is 10.1. The van der Waals surface area contributed by atoms with Crippen LogP contribution >= 0.6 is 0 Å². The standard InChI is InChI=1S/C10H8F2O2/c1-6-4-9(12)7(5-8(6)11)10(14)2-3-13/h2-5,13H,1H3/b3-2+. The maximum atomic E-state index is 13.1. The van der Waals surface area contributed by atoms with Crippen LogP contribution in [0.2, 0.25) is 0 Å². The van der Waals surface area contributed by atoms with Crippen LogP contribution in [0.4, 0.5) is 8.78 Å². The summed E-state index contributed by atoms with van der Waals surface area (Å²) in [7, 11) is 0. The molecule has 1 rings (SSSR count). The van der Waals surface area contributed by atoms with Gasteiger partial charge in [-0.25, -0.2) is 8.78 Å². The largest absolute Gasteiger partial charge is 0.515 e. The van der Waals surface area contributed by atoms with Crippen molar-refractivity contribution in [3.8, 4) is 0 Å². The number of ketones is 1. The Kier molecular flexibility index (Phi) is 2.96. The number of hydrogen-bond acceptors (Lipinski definition) is 2. The van der Waals surface area contributed by atoms with Gasteiger partial charge in [0.25, 0.3) is 0 Å². The SMILES string of the molecule is Cc1cc(F)c(C(=O)/C=C/O)cc1F. The molecule has 0 amide bonds. The Morgan fingerprint density at radius 3 is 2.57 bits per heavy atom. The molecule has 0 heterocycles. The third-order valence-electron chi connectivity index (χ3n) is 1.74. The average molecular weight is 198 g/mol. The number of aliphatic hydroxyl groups is 1. The van der Waals surface area contributed by atoms with Crippen molar-refractivity contribution < 1.29 is 18.7 Å². The van der Waals surface area contributed by atoms with E-state index in [1.54, 1.807) is 0 Å². The Morgan fingerprint density at radius 2 is 2.00 bits per heavy atom. The van der Waals surface area contributed by atoms with Crippen molar-refractivity contribution in [1.82, 2.24) is 0 Å². The van der Waals surface area contributed by atoms with Crippen molar-refractivity contribution in [1.29, 1.82) is 0 Å². The smallest absolute Gasteiger partial charge is 0.191 e. The van der Waals surface area contributed by atoms with Crippen LogP contribution in [0.5, 0.6) is 0 Å².